The Kier molecular flexibility index (Phi) is 4.51. The summed E-state index contributed by atoms with van der Waals surface area (Å²) in [5.41, 5.74) is 0.846. The number of aliphatic imine (C=N–C) groups is 1. The number of amidine groups is 1. The lowest BCUT2D eigenvalue weighted by Gasteiger charge is -2.18. The number of ether oxygens (including phenoxy) is 2. The van der Waals surface area contributed by atoms with E-state index in [4.69, 9.17) is 9.47 Å². The molecule has 4 rings (SSSR count). The van der Waals surface area contributed by atoms with Crippen LogP contribution >= 0.6 is 11.8 Å². The lowest BCUT2D eigenvalue weighted by molar-refractivity contribution is -0.384. The number of amides is 1. The highest BCUT2D eigenvalue weighted by Gasteiger charge is 2.25. The molecule has 0 aliphatic carbocycles. The number of nitro benzene ring substituents is 1. The Hall–Kier alpha value is -3.33. The van der Waals surface area contributed by atoms with Gasteiger partial charge in [-0.3, -0.25) is 14.9 Å². The lowest BCUT2D eigenvalue weighted by atomic mass is 10.2. The summed E-state index contributed by atoms with van der Waals surface area (Å²) in [6.45, 7) is 0.992. The topological polar surface area (TPSA) is 103 Å². The first-order chi connectivity index (χ1) is 13.1. The Morgan fingerprint density at radius 1 is 1.15 bits per heavy atom. The van der Waals surface area contributed by atoms with Crippen LogP contribution in [0.2, 0.25) is 0 Å². The van der Waals surface area contributed by atoms with E-state index in [0.29, 0.717) is 29.6 Å². The summed E-state index contributed by atoms with van der Waals surface area (Å²) in [7, 11) is 0. The quantitative estimate of drug-likeness (QED) is 0.496. The molecule has 2 aromatic rings. The van der Waals surface area contributed by atoms with E-state index in [1.807, 2.05) is 6.07 Å². The summed E-state index contributed by atoms with van der Waals surface area (Å²) in [5.74, 6) is 0.991. The van der Waals surface area contributed by atoms with Gasteiger partial charge in [-0.2, -0.15) is 0 Å². The third kappa shape index (κ3) is 3.63. The van der Waals surface area contributed by atoms with Crippen molar-refractivity contribution in [2.45, 2.75) is 0 Å². The first kappa shape index (κ1) is 17.1. The van der Waals surface area contributed by atoms with Crippen LogP contribution in [0.3, 0.4) is 0 Å². The highest BCUT2D eigenvalue weighted by molar-refractivity contribution is 8.18. The van der Waals surface area contributed by atoms with E-state index in [0.717, 1.165) is 17.3 Å². The monoisotopic (exact) mass is 383 g/mol. The van der Waals surface area contributed by atoms with Crippen LogP contribution in [0.25, 0.3) is 6.08 Å². The highest BCUT2D eigenvalue weighted by atomic mass is 32.2. The molecule has 0 unspecified atom stereocenters. The van der Waals surface area contributed by atoms with Crippen molar-refractivity contribution in [3.8, 4) is 11.5 Å². The van der Waals surface area contributed by atoms with Crippen LogP contribution in [0.5, 0.6) is 11.5 Å². The second-order valence-corrected chi connectivity index (χ2v) is 6.66. The predicted octanol–water partition coefficient (Wildman–Crippen LogP) is 3.26. The number of thioether (sulfide) groups is 1. The summed E-state index contributed by atoms with van der Waals surface area (Å²) >= 11 is 1.12. The molecule has 0 atom stereocenters. The number of carbonyl (C=O) groups is 1. The number of carbonyl (C=O) groups excluding carboxylic acids is 1. The average Bonchev–Trinajstić information content (AvgIpc) is 3.01. The molecule has 136 valence electrons. The van der Waals surface area contributed by atoms with Crippen LogP contribution in [-0.2, 0) is 4.79 Å². The zero-order valence-electron chi connectivity index (χ0n) is 13.9. The molecule has 2 heterocycles. The van der Waals surface area contributed by atoms with Gasteiger partial charge in [-0.25, -0.2) is 4.99 Å². The Bertz CT molecular complexity index is 1000. The maximum Gasteiger partial charge on any atom is 0.294 e. The number of nitro groups is 1. The van der Waals surface area contributed by atoms with Crippen molar-refractivity contribution in [2.75, 3.05) is 13.2 Å². The van der Waals surface area contributed by atoms with Crippen molar-refractivity contribution in [1.82, 2.24) is 5.32 Å². The van der Waals surface area contributed by atoms with Gasteiger partial charge < -0.3 is 14.8 Å². The maximum atomic E-state index is 12.2. The van der Waals surface area contributed by atoms with E-state index in [9.17, 15) is 14.9 Å². The number of para-hydroxylation sites is 2. The zero-order chi connectivity index (χ0) is 18.8. The average molecular weight is 383 g/mol. The summed E-state index contributed by atoms with van der Waals surface area (Å²) < 4.78 is 11.0. The smallest absolute Gasteiger partial charge is 0.294 e. The highest BCUT2D eigenvalue weighted by Crippen LogP contribution is 2.34. The van der Waals surface area contributed by atoms with Gasteiger partial charge >= 0.3 is 0 Å². The fourth-order valence-corrected chi connectivity index (χ4v) is 3.44. The van der Waals surface area contributed by atoms with Gasteiger partial charge in [0, 0.05) is 6.07 Å². The van der Waals surface area contributed by atoms with Gasteiger partial charge in [0.2, 0.25) is 0 Å². The largest absolute Gasteiger partial charge is 0.486 e. The van der Waals surface area contributed by atoms with Gasteiger partial charge in [0.15, 0.2) is 16.7 Å². The maximum absolute atomic E-state index is 12.2. The standard InChI is InChI=1S/C18H13N3O5S/c22-17-16(10-11-5-6-14-15(9-11)26-8-7-25-14)27-18(20-17)19-12-3-1-2-4-13(12)21(23)24/h1-6,9-10H,7-8H2,(H,19,20,22)/b16-10-. The van der Waals surface area contributed by atoms with Crippen molar-refractivity contribution in [2.24, 2.45) is 4.99 Å². The Balaban J connectivity index is 1.59. The first-order valence-corrected chi connectivity index (χ1v) is 8.84. The van der Waals surface area contributed by atoms with Crippen molar-refractivity contribution >= 4 is 40.3 Å². The number of rotatable bonds is 3. The lowest BCUT2D eigenvalue weighted by Crippen LogP contribution is -2.19. The molecule has 2 aromatic carbocycles. The van der Waals surface area contributed by atoms with Crippen molar-refractivity contribution in [3.05, 3.63) is 63.0 Å². The molecule has 0 bridgehead atoms. The third-order valence-electron chi connectivity index (χ3n) is 3.82. The molecule has 1 fully saturated rings. The van der Waals surface area contributed by atoms with Crippen LogP contribution in [0.15, 0.2) is 52.4 Å². The van der Waals surface area contributed by atoms with E-state index in [1.165, 1.54) is 12.1 Å². The molecular weight excluding hydrogens is 370 g/mol. The Labute approximate surface area is 158 Å². The van der Waals surface area contributed by atoms with Crippen LogP contribution < -0.4 is 14.8 Å². The molecule has 2 aliphatic heterocycles. The normalized spacial score (nSPS) is 18.6. The molecule has 1 saturated heterocycles. The summed E-state index contributed by atoms with van der Waals surface area (Å²) in [6.07, 6.45) is 1.71. The Morgan fingerprint density at radius 2 is 1.93 bits per heavy atom. The molecule has 0 aromatic heterocycles. The zero-order valence-corrected chi connectivity index (χ0v) is 14.7. The molecule has 1 amide bonds. The first-order valence-electron chi connectivity index (χ1n) is 8.03. The number of fused-ring (bicyclic) bond motifs is 1. The van der Waals surface area contributed by atoms with Gasteiger partial charge in [0.25, 0.3) is 11.6 Å². The SMILES string of the molecule is O=C1N/C(=N/c2ccccc2[N+](=O)[O-])S/C1=C\c1ccc2c(c1)OCCO2. The molecule has 0 spiro atoms. The number of hydrogen-bond donors (Lipinski definition) is 1. The molecule has 8 nitrogen and oxygen atoms in total. The molecule has 9 heteroatoms. The summed E-state index contributed by atoms with van der Waals surface area (Å²) in [5, 5.41) is 14.0. The molecule has 0 saturated carbocycles. The van der Waals surface area contributed by atoms with Crippen LogP contribution in [0.1, 0.15) is 5.56 Å². The minimum absolute atomic E-state index is 0.121. The second-order valence-electron chi connectivity index (χ2n) is 5.63. The van der Waals surface area contributed by atoms with E-state index >= 15 is 0 Å². The number of nitrogens with one attached hydrogen (secondary N) is 1. The number of nitrogens with zero attached hydrogens (tertiary/aromatic N) is 2. The van der Waals surface area contributed by atoms with Gasteiger partial charge in [0.1, 0.15) is 18.9 Å². The minimum atomic E-state index is -0.507. The van der Waals surface area contributed by atoms with Gasteiger partial charge in [0.05, 0.1) is 9.83 Å². The van der Waals surface area contributed by atoms with Crippen LogP contribution in [0, 0.1) is 10.1 Å². The van der Waals surface area contributed by atoms with Gasteiger partial charge in [-0.1, -0.05) is 18.2 Å². The number of benzene rings is 2. The van der Waals surface area contributed by atoms with E-state index in [1.54, 1.807) is 30.3 Å². The van der Waals surface area contributed by atoms with Gasteiger partial charge in [-0.05, 0) is 41.6 Å². The third-order valence-corrected chi connectivity index (χ3v) is 4.73. The minimum Gasteiger partial charge on any atom is -0.486 e. The number of hydrogen-bond acceptors (Lipinski definition) is 7. The van der Waals surface area contributed by atoms with Crippen molar-refractivity contribution in [3.63, 3.8) is 0 Å². The second kappa shape index (κ2) is 7.12. The van der Waals surface area contributed by atoms with Crippen molar-refractivity contribution < 1.29 is 19.2 Å². The van der Waals surface area contributed by atoms with Gasteiger partial charge in [-0.15, -0.1) is 0 Å². The predicted molar refractivity (Wildman–Crippen MR) is 101 cm³/mol. The van der Waals surface area contributed by atoms with Crippen molar-refractivity contribution in [1.29, 1.82) is 0 Å². The summed E-state index contributed by atoms with van der Waals surface area (Å²) in [4.78, 5) is 27.4. The molecule has 2 aliphatic rings. The van der Waals surface area contributed by atoms with E-state index in [2.05, 4.69) is 10.3 Å². The van der Waals surface area contributed by atoms with Crippen LogP contribution in [0.4, 0.5) is 11.4 Å². The fourth-order valence-electron chi connectivity index (χ4n) is 2.60. The fraction of sp³-hybridized carbons (Fsp3) is 0.111. The molecule has 0 radical (unpaired) electrons. The molecule has 27 heavy (non-hydrogen) atoms. The molecule has 1 N–H and O–H groups in total. The molecular formula is C18H13N3O5S. The summed E-state index contributed by atoms with van der Waals surface area (Å²) in [6, 6.07) is 11.5. The van der Waals surface area contributed by atoms with E-state index in [-0.39, 0.29) is 22.4 Å². The Morgan fingerprint density at radius 3 is 2.74 bits per heavy atom. The van der Waals surface area contributed by atoms with E-state index < -0.39 is 4.92 Å². The van der Waals surface area contributed by atoms with Crippen LogP contribution in [-0.4, -0.2) is 29.2 Å².